The molecule has 0 spiro atoms. The molecule has 4 nitrogen and oxygen atoms in total. The molecule has 23 heavy (non-hydrogen) atoms. The molecule has 2 fully saturated rings. The van der Waals surface area contributed by atoms with Crippen molar-refractivity contribution in [3.63, 3.8) is 0 Å². The minimum atomic E-state index is 0.188. The fraction of sp³-hybridized carbons (Fsp3) is 0.632. The number of likely N-dealkylation sites (tertiary alicyclic amines) is 1. The van der Waals surface area contributed by atoms with E-state index in [0.29, 0.717) is 18.9 Å². The highest BCUT2D eigenvalue weighted by molar-refractivity contribution is 5.75. The Bertz CT molecular complexity index is 505. The van der Waals surface area contributed by atoms with Crippen LogP contribution in [0, 0.1) is 5.92 Å². The molecule has 4 heteroatoms. The average molecular weight is 315 g/mol. The molecule has 1 aromatic rings. The number of hydrogen-bond donors (Lipinski definition) is 2. The summed E-state index contributed by atoms with van der Waals surface area (Å²) in [6.07, 6.45) is 5.50. The third-order valence-electron chi connectivity index (χ3n) is 5.13. The Morgan fingerprint density at radius 1 is 1.22 bits per heavy atom. The van der Waals surface area contributed by atoms with Gasteiger partial charge in [-0.2, -0.15) is 0 Å². The Labute approximate surface area is 139 Å². The molecule has 2 saturated heterocycles. The highest BCUT2D eigenvalue weighted by Crippen LogP contribution is 2.17. The fourth-order valence-electron chi connectivity index (χ4n) is 3.64. The Kier molecular flexibility index (Phi) is 6.06. The van der Waals surface area contributed by atoms with E-state index < -0.39 is 0 Å². The second kappa shape index (κ2) is 8.46. The number of carbonyl (C=O) groups excluding carboxylic acids is 1. The molecule has 1 amide bonds. The van der Waals surface area contributed by atoms with Crippen LogP contribution < -0.4 is 10.6 Å². The van der Waals surface area contributed by atoms with Gasteiger partial charge < -0.3 is 10.6 Å². The molecule has 0 aliphatic carbocycles. The predicted octanol–water partition coefficient (Wildman–Crippen LogP) is 2.29. The molecule has 126 valence electrons. The van der Waals surface area contributed by atoms with Gasteiger partial charge in [0.25, 0.3) is 0 Å². The topological polar surface area (TPSA) is 44.4 Å². The predicted molar refractivity (Wildman–Crippen MR) is 93.0 cm³/mol. The van der Waals surface area contributed by atoms with Crippen molar-refractivity contribution in [1.82, 2.24) is 15.5 Å². The second-order valence-electron chi connectivity index (χ2n) is 6.93. The molecule has 2 aliphatic heterocycles. The molecule has 0 radical (unpaired) electrons. The van der Waals surface area contributed by atoms with Crippen LogP contribution in [0.2, 0.25) is 0 Å². The summed E-state index contributed by atoms with van der Waals surface area (Å²) < 4.78 is 0. The summed E-state index contributed by atoms with van der Waals surface area (Å²) in [5, 5.41) is 6.47. The molecular weight excluding hydrogens is 286 g/mol. The van der Waals surface area contributed by atoms with Gasteiger partial charge >= 0.3 is 0 Å². The van der Waals surface area contributed by atoms with Gasteiger partial charge in [-0.1, -0.05) is 24.3 Å². The maximum Gasteiger partial charge on any atom is 0.220 e. The molecule has 2 heterocycles. The van der Waals surface area contributed by atoms with E-state index in [0.717, 1.165) is 26.1 Å². The van der Waals surface area contributed by atoms with Gasteiger partial charge in [0, 0.05) is 19.5 Å². The van der Waals surface area contributed by atoms with Crippen molar-refractivity contribution in [2.24, 2.45) is 5.92 Å². The largest absolute Gasteiger partial charge is 0.352 e. The van der Waals surface area contributed by atoms with Gasteiger partial charge in [-0.05, 0) is 68.9 Å². The second-order valence-corrected chi connectivity index (χ2v) is 6.93. The van der Waals surface area contributed by atoms with Crippen molar-refractivity contribution >= 4 is 5.91 Å². The van der Waals surface area contributed by atoms with Crippen LogP contribution in [-0.4, -0.2) is 37.0 Å². The van der Waals surface area contributed by atoms with Gasteiger partial charge in [-0.15, -0.1) is 0 Å². The van der Waals surface area contributed by atoms with E-state index in [1.807, 2.05) is 0 Å². The summed E-state index contributed by atoms with van der Waals surface area (Å²) in [5.74, 6) is 0.871. The first-order chi connectivity index (χ1) is 11.3. The number of nitrogens with zero attached hydrogens (tertiary/aromatic N) is 1. The highest BCUT2D eigenvalue weighted by atomic mass is 16.1. The van der Waals surface area contributed by atoms with E-state index in [2.05, 4.69) is 39.8 Å². The van der Waals surface area contributed by atoms with Gasteiger partial charge in [-0.25, -0.2) is 0 Å². The summed E-state index contributed by atoms with van der Waals surface area (Å²) in [5.41, 5.74) is 2.62. The molecule has 0 saturated carbocycles. The number of benzene rings is 1. The molecule has 0 bridgehead atoms. The van der Waals surface area contributed by atoms with Crippen LogP contribution in [-0.2, 0) is 17.9 Å². The maximum absolute atomic E-state index is 12.1. The van der Waals surface area contributed by atoms with Gasteiger partial charge in [-0.3, -0.25) is 9.69 Å². The van der Waals surface area contributed by atoms with E-state index >= 15 is 0 Å². The molecule has 1 atom stereocenters. The third kappa shape index (κ3) is 5.05. The molecule has 2 N–H and O–H groups in total. The molecular formula is C19H29N3O. The van der Waals surface area contributed by atoms with E-state index in [9.17, 15) is 4.79 Å². The third-order valence-corrected chi connectivity index (χ3v) is 5.13. The zero-order valence-corrected chi connectivity index (χ0v) is 14.0. The normalized spacial score (nSPS) is 21.7. The Morgan fingerprint density at radius 2 is 2.00 bits per heavy atom. The number of amides is 1. The van der Waals surface area contributed by atoms with Gasteiger partial charge in [0.05, 0.1) is 0 Å². The van der Waals surface area contributed by atoms with Crippen LogP contribution in [0.4, 0.5) is 0 Å². The van der Waals surface area contributed by atoms with Crippen molar-refractivity contribution < 1.29 is 4.79 Å². The summed E-state index contributed by atoms with van der Waals surface area (Å²) in [6, 6.07) is 8.51. The lowest BCUT2D eigenvalue weighted by atomic mass is 10.0. The van der Waals surface area contributed by atoms with Crippen LogP contribution in [0.1, 0.15) is 43.2 Å². The standard InChI is InChI=1S/C19H29N3O/c23-19(8-7-16-9-10-20-13-16)21-14-17-5-1-2-6-18(17)15-22-11-3-4-12-22/h1-2,5-6,16,20H,3-4,7-15H2,(H,21,23). The molecule has 1 aromatic carbocycles. The SMILES string of the molecule is O=C(CCC1CCNC1)NCc1ccccc1CN1CCCC1. The van der Waals surface area contributed by atoms with Crippen molar-refractivity contribution in [2.75, 3.05) is 26.2 Å². The fourth-order valence-corrected chi connectivity index (χ4v) is 3.64. The van der Waals surface area contributed by atoms with E-state index in [1.54, 1.807) is 0 Å². The van der Waals surface area contributed by atoms with Crippen LogP contribution in [0.3, 0.4) is 0 Å². The first-order valence-electron chi connectivity index (χ1n) is 9.08. The van der Waals surface area contributed by atoms with E-state index in [1.165, 1.54) is 43.5 Å². The minimum absolute atomic E-state index is 0.188. The highest BCUT2D eigenvalue weighted by Gasteiger charge is 2.16. The Hall–Kier alpha value is -1.39. The summed E-state index contributed by atoms with van der Waals surface area (Å²) in [7, 11) is 0. The lowest BCUT2D eigenvalue weighted by Crippen LogP contribution is -2.25. The zero-order chi connectivity index (χ0) is 15.9. The Balaban J connectivity index is 1.46. The quantitative estimate of drug-likeness (QED) is 0.811. The van der Waals surface area contributed by atoms with Gasteiger partial charge in [0.1, 0.15) is 0 Å². The van der Waals surface area contributed by atoms with Crippen molar-refractivity contribution in [3.8, 4) is 0 Å². The van der Waals surface area contributed by atoms with Gasteiger partial charge in [0.15, 0.2) is 0 Å². The van der Waals surface area contributed by atoms with Crippen molar-refractivity contribution in [1.29, 1.82) is 0 Å². The summed E-state index contributed by atoms with van der Waals surface area (Å²) >= 11 is 0. The molecule has 1 unspecified atom stereocenters. The number of carbonyl (C=O) groups is 1. The van der Waals surface area contributed by atoms with Crippen molar-refractivity contribution in [2.45, 2.75) is 45.2 Å². The Morgan fingerprint density at radius 3 is 2.74 bits per heavy atom. The van der Waals surface area contributed by atoms with Gasteiger partial charge in [0.2, 0.25) is 5.91 Å². The van der Waals surface area contributed by atoms with Crippen molar-refractivity contribution in [3.05, 3.63) is 35.4 Å². The monoisotopic (exact) mass is 315 g/mol. The van der Waals surface area contributed by atoms with Crippen LogP contribution in [0.5, 0.6) is 0 Å². The first-order valence-corrected chi connectivity index (χ1v) is 9.08. The van der Waals surface area contributed by atoms with Crippen LogP contribution in [0.25, 0.3) is 0 Å². The summed E-state index contributed by atoms with van der Waals surface area (Å²) in [6.45, 7) is 6.26. The lowest BCUT2D eigenvalue weighted by Gasteiger charge is -2.18. The number of hydrogen-bond acceptors (Lipinski definition) is 3. The minimum Gasteiger partial charge on any atom is -0.352 e. The molecule has 0 aromatic heterocycles. The summed E-state index contributed by atoms with van der Waals surface area (Å²) in [4.78, 5) is 14.6. The van der Waals surface area contributed by atoms with E-state index in [-0.39, 0.29) is 5.91 Å². The first kappa shape index (κ1) is 16.5. The van der Waals surface area contributed by atoms with E-state index in [4.69, 9.17) is 0 Å². The van der Waals surface area contributed by atoms with Crippen LogP contribution >= 0.6 is 0 Å². The average Bonchev–Trinajstić information content (AvgIpc) is 3.25. The van der Waals surface area contributed by atoms with Crippen LogP contribution in [0.15, 0.2) is 24.3 Å². The number of rotatable bonds is 7. The maximum atomic E-state index is 12.1. The number of nitrogens with one attached hydrogen (secondary N) is 2. The lowest BCUT2D eigenvalue weighted by molar-refractivity contribution is -0.121. The molecule has 3 rings (SSSR count). The smallest absolute Gasteiger partial charge is 0.220 e. The molecule has 2 aliphatic rings. The zero-order valence-electron chi connectivity index (χ0n) is 14.0.